The second-order valence-corrected chi connectivity index (χ2v) is 4.97. The summed E-state index contributed by atoms with van der Waals surface area (Å²) in [5.41, 5.74) is 5.39. The number of methoxy groups -OCH3 is 1. The molecule has 2 atom stereocenters. The molecule has 0 aliphatic heterocycles. The first-order chi connectivity index (χ1) is 8.04. The average Bonchev–Trinajstić information content (AvgIpc) is 3.07. The van der Waals surface area contributed by atoms with Crippen LogP contribution in [0.2, 0.25) is 0 Å². The Morgan fingerprint density at radius 1 is 1.59 bits per heavy atom. The van der Waals surface area contributed by atoms with E-state index in [9.17, 15) is 4.79 Å². The zero-order valence-corrected chi connectivity index (χ0v) is 11.1. The summed E-state index contributed by atoms with van der Waals surface area (Å²) in [4.78, 5) is 13.5. The lowest BCUT2D eigenvalue weighted by Crippen LogP contribution is -2.45. The van der Waals surface area contributed by atoms with Crippen molar-refractivity contribution >= 4 is 5.91 Å². The molecule has 0 radical (unpaired) electrons. The molecule has 1 saturated carbocycles. The van der Waals surface area contributed by atoms with Crippen LogP contribution in [0.3, 0.4) is 0 Å². The van der Waals surface area contributed by atoms with Gasteiger partial charge in [0.15, 0.2) is 0 Å². The standard InChI is InChI=1S/C12H25N3O2/c1-9(8-17-3)15(2)7-6-11(12(13)16)14-10-4-5-10/h9-11,14H,4-8H2,1-3H3,(H2,13,16). The molecule has 0 heterocycles. The van der Waals surface area contributed by atoms with Crippen LogP contribution in [0, 0.1) is 0 Å². The molecule has 0 bridgehead atoms. The van der Waals surface area contributed by atoms with Crippen molar-refractivity contribution in [3.8, 4) is 0 Å². The molecule has 2 unspecified atom stereocenters. The Hall–Kier alpha value is -0.650. The van der Waals surface area contributed by atoms with E-state index in [1.807, 2.05) is 7.05 Å². The zero-order valence-electron chi connectivity index (χ0n) is 11.1. The fourth-order valence-corrected chi connectivity index (χ4v) is 1.76. The van der Waals surface area contributed by atoms with E-state index in [4.69, 9.17) is 10.5 Å². The lowest BCUT2D eigenvalue weighted by Gasteiger charge is -2.25. The molecule has 5 nitrogen and oxygen atoms in total. The van der Waals surface area contributed by atoms with E-state index in [1.165, 1.54) is 12.8 Å². The highest BCUT2D eigenvalue weighted by Gasteiger charge is 2.27. The molecular formula is C12H25N3O2. The van der Waals surface area contributed by atoms with Crippen LogP contribution < -0.4 is 11.1 Å². The van der Waals surface area contributed by atoms with Gasteiger partial charge >= 0.3 is 0 Å². The van der Waals surface area contributed by atoms with Gasteiger partial charge in [-0.25, -0.2) is 0 Å². The summed E-state index contributed by atoms with van der Waals surface area (Å²) in [6, 6.07) is 0.670. The van der Waals surface area contributed by atoms with Crippen LogP contribution in [0.4, 0.5) is 0 Å². The van der Waals surface area contributed by atoms with Gasteiger partial charge in [-0.05, 0) is 33.2 Å². The maximum absolute atomic E-state index is 11.3. The molecule has 0 saturated heterocycles. The number of carbonyl (C=O) groups is 1. The van der Waals surface area contributed by atoms with E-state index in [0.717, 1.165) is 13.0 Å². The number of primary amides is 1. The largest absolute Gasteiger partial charge is 0.383 e. The molecule has 5 heteroatoms. The molecule has 1 aliphatic carbocycles. The summed E-state index contributed by atoms with van der Waals surface area (Å²) in [7, 11) is 3.74. The van der Waals surface area contributed by atoms with Gasteiger partial charge in [-0.15, -0.1) is 0 Å². The van der Waals surface area contributed by atoms with E-state index in [1.54, 1.807) is 7.11 Å². The van der Waals surface area contributed by atoms with E-state index < -0.39 is 0 Å². The quantitative estimate of drug-likeness (QED) is 0.596. The Labute approximate surface area is 104 Å². The van der Waals surface area contributed by atoms with E-state index in [-0.39, 0.29) is 11.9 Å². The van der Waals surface area contributed by atoms with Crippen molar-refractivity contribution in [2.45, 2.75) is 44.3 Å². The third-order valence-corrected chi connectivity index (χ3v) is 3.29. The second kappa shape index (κ2) is 6.93. The minimum atomic E-state index is -0.246. The van der Waals surface area contributed by atoms with E-state index in [0.29, 0.717) is 18.7 Å². The number of hydrogen-bond acceptors (Lipinski definition) is 4. The molecule has 0 spiro atoms. The maximum atomic E-state index is 11.3. The minimum absolute atomic E-state index is 0.195. The van der Waals surface area contributed by atoms with Crippen molar-refractivity contribution in [3.63, 3.8) is 0 Å². The second-order valence-electron chi connectivity index (χ2n) is 4.97. The van der Waals surface area contributed by atoms with Gasteiger partial charge in [-0.1, -0.05) is 0 Å². The monoisotopic (exact) mass is 243 g/mol. The van der Waals surface area contributed by atoms with E-state index in [2.05, 4.69) is 17.1 Å². The Balaban J connectivity index is 2.26. The number of likely N-dealkylation sites (N-methyl/N-ethyl adjacent to an activating group) is 1. The first kappa shape index (κ1) is 14.4. The van der Waals surface area contributed by atoms with Gasteiger partial charge in [-0.2, -0.15) is 0 Å². The molecule has 0 aromatic heterocycles. The van der Waals surface area contributed by atoms with Crippen LogP contribution in [-0.2, 0) is 9.53 Å². The average molecular weight is 243 g/mol. The molecule has 0 aromatic rings. The maximum Gasteiger partial charge on any atom is 0.234 e. The van der Waals surface area contributed by atoms with Crippen LogP contribution in [0.25, 0.3) is 0 Å². The number of amides is 1. The predicted octanol–water partition coefficient (Wildman–Crippen LogP) is -0.0509. The molecule has 100 valence electrons. The zero-order chi connectivity index (χ0) is 12.8. The Morgan fingerprint density at radius 3 is 2.71 bits per heavy atom. The van der Waals surface area contributed by atoms with Crippen LogP contribution in [-0.4, -0.2) is 56.2 Å². The highest BCUT2D eigenvalue weighted by Crippen LogP contribution is 2.20. The number of ether oxygens (including phenoxy) is 1. The van der Waals surface area contributed by atoms with Crippen LogP contribution in [0.15, 0.2) is 0 Å². The first-order valence-corrected chi connectivity index (χ1v) is 6.29. The summed E-state index contributed by atoms with van der Waals surface area (Å²) in [5, 5.41) is 3.28. The highest BCUT2D eigenvalue weighted by atomic mass is 16.5. The van der Waals surface area contributed by atoms with Gasteiger partial charge in [0.1, 0.15) is 0 Å². The van der Waals surface area contributed by atoms with Gasteiger partial charge < -0.3 is 20.7 Å². The normalized spacial score (nSPS) is 19.3. The van der Waals surface area contributed by atoms with Gasteiger partial charge in [-0.3, -0.25) is 4.79 Å². The van der Waals surface area contributed by atoms with Gasteiger partial charge in [0.25, 0.3) is 0 Å². The third kappa shape index (κ3) is 5.48. The fraction of sp³-hybridized carbons (Fsp3) is 0.917. The molecule has 3 N–H and O–H groups in total. The highest BCUT2D eigenvalue weighted by molar-refractivity contribution is 5.79. The predicted molar refractivity (Wildman–Crippen MR) is 67.7 cm³/mol. The molecular weight excluding hydrogens is 218 g/mol. The number of rotatable bonds is 9. The first-order valence-electron chi connectivity index (χ1n) is 6.29. The number of nitrogens with zero attached hydrogens (tertiary/aromatic N) is 1. The molecule has 1 aliphatic rings. The van der Waals surface area contributed by atoms with E-state index >= 15 is 0 Å². The van der Waals surface area contributed by atoms with Crippen molar-refractivity contribution in [2.24, 2.45) is 5.73 Å². The van der Waals surface area contributed by atoms with Crippen LogP contribution in [0.5, 0.6) is 0 Å². The van der Waals surface area contributed by atoms with Crippen molar-refractivity contribution in [1.29, 1.82) is 0 Å². The van der Waals surface area contributed by atoms with Crippen molar-refractivity contribution in [2.75, 3.05) is 27.3 Å². The van der Waals surface area contributed by atoms with Crippen molar-refractivity contribution < 1.29 is 9.53 Å². The Morgan fingerprint density at radius 2 is 2.24 bits per heavy atom. The topological polar surface area (TPSA) is 67.6 Å². The van der Waals surface area contributed by atoms with Crippen LogP contribution in [0.1, 0.15) is 26.2 Å². The van der Waals surface area contributed by atoms with Gasteiger partial charge in [0.2, 0.25) is 5.91 Å². The number of nitrogens with one attached hydrogen (secondary N) is 1. The molecule has 0 aromatic carbocycles. The van der Waals surface area contributed by atoms with Gasteiger partial charge in [0.05, 0.1) is 12.6 Å². The lowest BCUT2D eigenvalue weighted by molar-refractivity contribution is -0.120. The number of hydrogen-bond donors (Lipinski definition) is 2. The van der Waals surface area contributed by atoms with Crippen molar-refractivity contribution in [3.05, 3.63) is 0 Å². The molecule has 1 amide bonds. The lowest BCUT2D eigenvalue weighted by atomic mass is 10.1. The summed E-state index contributed by atoms with van der Waals surface area (Å²) >= 11 is 0. The number of nitrogens with two attached hydrogens (primary N) is 1. The van der Waals surface area contributed by atoms with Crippen LogP contribution >= 0.6 is 0 Å². The smallest absolute Gasteiger partial charge is 0.234 e. The summed E-state index contributed by atoms with van der Waals surface area (Å²) in [5.74, 6) is -0.246. The minimum Gasteiger partial charge on any atom is -0.383 e. The summed E-state index contributed by atoms with van der Waals surface area (Å²) in [6.45, 7) is 3.66. The van der Waals surface area contributed by atoms with Crippen molar-refractivity contribution in [1.82, 2.24) is 10.2 Å². The molecule has 1 fully saturated rings. The third-order valence-electron chi connectivity index (χ3n) is 3.29. The molecule has 1 rings (SSSR count). The molecule has 17 heavy (non-hydrogen) atoms. The fourth-order valence-electron chi connectivity index (χ4n) is 1.76. The Kier molecular flexibility index (Phi) is 5.88. The SMILES string of the molecule is COCC(C)N(C)CCC(NC1CC1)C(N)=O. The summed E-state index contributed by atoms with van der Waals surface area (Å²) < 4.78 is 5.10. The number of carbonyl (C=O) groups excluding carboxylic acids is 1. The summed E-state index contributed by atoms with van der Waals surface area (Å²) in [6.07, 6.45) is 3.09. The van der Waals surface area contributed by atoms with Gasteiger partial charge in [0, 0.05) is 25.7 Å². The Bertz CT molecular complexity index is 244.